The van der Waals surface area contributed by atoms with Crippen LogP contribution in [0.2, 0.25) is 0 Å². The van der Waals surface area contributed by atoms with Gasteiger partial charge in [0.1, 0.15) is 5.00 Å². The molecule has 1 rings (SSSR count). The Morgan fingerprint density at radius 1 is 1.85 bits per heavy atom. The number of hydrogen-bond acceptors (Lipinski definition) is 4. The van der Waals surface area contributed by atoms with Crippen LogP contribution in [0.1, 0.15) is 17.4 Å². The third-order valence-electron chi connectivity index (χ3n) is 1.39. The first kappa shape index (κ1) is 9.73. The fraction of sp³-hybridized carbons (Fsp3) is 0.250. The van der Waals surface area contributed by atoms with Crippen LogP contribution in [0.5, 0.6) is 0 Å². The van der Waals surface area contributed by atoms with Crippen LogP contribution in [0.15, 0.2) is 17.7 Å². The highest BCUT2D eigenvalue weighted by molar-refractivity contribution is 7.14. The van der Waals surface area contributed by atoms with E-state index in [4.69, 9.17) is 5.11 Å². The largest absolute Gasteiger partial charge is 0.476 e. The quantitative estimate of drug-likeness (QED) is 0.724. The molecule has 0 bridgehead atoms. The van der Waals surface area contributed by atoms with Crippen LogP contribution in [-0.2, 0) is 0 Å². The van der Waals surface area contributed by atoms with Crippen LogP contribution in [0, 0.1) is 0 Å². The maximum Gasteiger partial charge on any atom is 0.357 e. The fourth-order valence-corrected chi connectivity index (χ4v) is 1.48. The number of nitrogens with zero attached hydrogens (tertiary/aromatic N) is 1. The number of carboxylic acids is 1. The number of carboxylic acid groups (broad SMARTS) is 1. The molecule has 13 heavy (non-hydrogen) atoms. The summed E-state index contributed by atoms with van der Waals surface area (Å²) in [5.41, 5.74) is 1.61. The highest BCUT2D eigenvalue weighted by Crippen LogP contribution is 2.19. The van der Waals surface area contributed by atoms with E-state index >= 15 is 0 Å². The van der Waals surface area contributed by atoms with Gasteiger partial charge in [0.25, 0.3) is 0 Å². The summed E-state index contributed by atoms with van der Waals surface area (Å²) in [5, 5.41) is 12.3. The molecule has 1 heterocycles. The van der Waals surface area contributed by atoms with Gasteiger partial charge in [0, 0.05) is 6.54 Å². The van der Waals surface area contributed by atoms with Crippen molar-refractivity contribution in [3.63, 3.8) is 0 Å². The van der Waals surface area contributed by atoms with Crippen LogP contribution in [0.3, 0.4) is 0 Å². The molecule has 0 amide bonds. The average Bonchev–Trinajstić information content (AvgIpc) is 2.53. The van der Waals surface area contributed by atoms with Crippen LogP contribution >= 0.6 is 11.3 Å². The van der Waals surface area contributed by atoms with E-state index in [0.29, 0.717) is 11.5 Å². The van der Waals surface area contributed by atoms with Gasteiger partial charge in [0.05, 0.1) is 5.51 Å². The van der Waals surface area contributed by atoms with Gasteiger partial charge in [-0.15, -0.1) is 11.3 Å². The van der Waals surface area contributed by atoms with Gasteiger partial charge in [-0.25, -0.2) is 9.78 Å². The molecule has 0 radical (unpaired) electrons. The first-order chi connectivity index (χ1) is 6.25. The van der Waals surface area contributed by atoms with Crippen molar-refractivity contribution in [1.29, 1.82) is 0 Å². The summed E-state index contributed by atoms with van der Waals surface area (Å²) in [4.78, 5) is 14.3. The molecule has 0 unspecified atom stereocenters. The lowest BCUT2D eigenvalue weighted by molar-refractivity contribution is 0.0692. The minimum absolute atomic E-state index is 0.0921. The Labute approximate surface area is 79.9 Å². The summed E-state index contributed by atoms with van der Waals surface area (Å²) in [5.74, 6) is -0.996. The summed E-state index contributed by atoms with van der Waals surface area (Å²) in [7, 11) is 0. The predicted molar refractivity (Wildman–Crippen MR) is 52.4 cm³/mol. The number of aromatic nitrogens is 1. The maximum absolute atomic E-state index is 10.6. The summed E-state index contributed by atoms with van der Waals surface area (Å²) < 4.78 is 0. The number of carbonyl (C=O) groups is 1. The SMILES string of the molecule is C/C=C/CNc1scnc1C(=O)O. The number of allylic oxidation sites excluding steroid dienone is 1. The van der Waals surface area contributed by atoms with Crippen molar-refractivity contribution in [3.8, 4) is 0 Å². The lowest BCUT2D eigenvalue weighted by Gasteiger charge is -1.98. The van der Waals surface area contributed by atoms with Crippen molar-refractivity contribution < 1.29 is 9.90 Å². The van der Waals surface area contributed by atoms with Gasteiger partial charge in [-0.3, -0.25) is 0 Å². The molecule has 1 aromatic heterocycles. The van der Waals surface area contributed by atoms with Gasteiger partial charge in [-0.2, -0.15) is 0 Å². The number of anilines is 1. The van der Waals surface area contributed by atoms with Gasteiger partial charge in [0.15, 0.2) is 5.69 Å². The molecule has 1 aromatic rings. The minimum atomic E-state index is -0.996. The zero-order chi connectivity index (χ0) is 9.68. The first-order valence-electron chi connectivity index (χ1n) is 3.77. The van der Waals surface area contributed by atoms with Crippen molar-refractivity contribution in [1.82, 2.24) is 4.98 Å². The van der Waals surface area contributed by atoms with Crippen molar-refractivity contribution in [3.05, 3.63) is 23.4 Å². The average molecular weight is 198 g/mol. The van der Waals surface area contributed by atoms with Crippen molar-refractivity contribution in [2.24, 2.45) is 0 Å². The van der Waals surface area contributed by atoms with E-state index in [9.17, 15) is 4.79 Å². The molecule has 0 aromatic carbocycles. The minimum Gasteiger partial charge on any atom is -0.476 e. The molecule has 0 aliphatic rings. The van der Waals surface area contributed by atoms with E-state index in [-0.39, 0.29) is 5.69 Å². The zero-order valence-corrected chi connectivity index (χ0v) is 7.97. The summed E-state index contributed by atoms with van der Waals surface area (Å²) in [6, 6.07) is 0. The standard InChI is InChI=1S/C8H10N2O2S/c1-2-3-4-9-7-6(8(11)12)10-5-13-7/h2-3,5,9H,4H2,1H3,(H,11,12)/b3-2+. The third-order valence-corrected chi connectivity index (χ3v) is 2.17. The Balaban J connectivity index is 2.65. The van der Waals surface area contributed by atoms with Crippen LogP contribution < -0.4 is 5.32 Å². The van der Waals surface area contributed by atoms with Crippen molar-refractivity contribution >= 4 is 22.3 Å². The van der Waals surface area contributed by atoms with E-state index in [1.807, 2.05) is 19.1 Å². The fourth-order valence-electron chi connectivity index (χ4n) is 0.793. The first-order valence-corrected chi connectivity index (χ1v) is 4.65. The number of thiazole rings is 1. The van der Waals surface area contributed by atoms with Gasteiger partial charge in [-0.05, 0) is 6.92 Å². The van der Waals surface area contributed by atoms with E-state index in [1.54, 1.807) is 0 Å². The second-order valence-corrected chi connectivity index (χ2v) is 3.14. The molecule has 0 aliphatic carbocycles. The molecule has 2 N–H and O–H groups in total. The molecule has 5 heteroatoms. The third kappa shape index (κ3) is 2.55. The van der Waals surface area contributed by atoms with Crippen LogP contribution in [0.25, 0.3) is 0 Å². The highest BCUT2D eigenvalue weighted by atomic mass is 32.1. The number of aromatic carboxylic acids is 1. The van der Waals surface area contributed by atoms with Crippen LogP contribution in [-0.4, -0.2) is 22.6 Å². The Kier molecular flexibility index (Phi) is 3.45. The topological polar surface area (TPSA) is 62.2 Å². The molecule has 0 atom stereocenters. The van der Waals surface area contributed by atoms with Gasteiger partial charge >= 0.3 is 5.97 Å². The zero-order valence-electron chi connectivity index (χ0n) is 7.15. The lowest BCUT2D eigenvalue weighted by atomic mass is 10.4. The molecule has 0 fully saturated rings. The van der Waals surface area contributed by atoms with Crippen LogP contribution in [0.4, 0.5) is 5.00 Å². The summed E-state index contributed by atoms with van der Waals surface area (Å²) >= 11 is 1.29. The molecule has 0 spiro atoms. The van der Waals surface area contributed by atoms with Crippen molar-refractivity contribution in [2.45, 2.75) is 6.92 Å². The summed E-state index contributed by atoms with van der Waals surface area (Å²) in [6.45, 7) is 2.53. The molecule has 4 nitrogen and oxygen atoms in total. The lowest BCUT2D eigenvalue weighted by Crippen LogP contribution is -2.04. The molecular formula is C8H10N2O2S. The molecular weight excluding hydrogens is 188 g/mol. The molecule has 0 saturated carbocycles. The van der Waals surface area contributed by atoms with Crippen molar-refractivity contribution in [2.75, 3.05) is 11.9 Å². The van der Waals surface area contributed by atoms with Gasteiger partial charge < -0.3 is 10.4 Å². The van der Waals surface area contributed by atoms with Gasteiger partial charge in [-0.1, -0.05) is 12.2 Å². The molecule has 70 valence electrons. The highest BCUT2D eigenvalue weighted by Gasteiger charge is 2.11. The normalized spacial score (nSPS) is 10.5. The number of nitrogens with one attached hydrogen (secondary N) is 1. The predicted octanol–water partition coefficient (Wildman–Crippen LogP) is 1.83. The monoisotopic (exact) mass is 198 g/mol. The maximum atomic E-state index is 10.6. The van der Waals surface area contributed by atoms with Gasteiger partial charge in [0.2, 0.25) is 0 Å². The Hall–Kier alpha value is -1.36. The second-order valence-electron chi connectivity index (χ2n) is 2.29. The smallest absolute Gasteiger partial charge is 0.357 e. The Morgan fingerprint density at radius 2 is 2.62 bits per heavy atom. The Morgan fingerprint density at radius 3 is 3.23 bits per heavy atom. The number of hydrogen-bond donors (Lipinski definition) is 2. The number of rotatable bonds is 4. The second kappa shape index (κ2) is 4.61. The van der Waals surface area contributed by atoms with E-state index in [2.05, 4.69) is 10.3 Å². The molecule has 0 aliphatic heterocycles. The van der Waals surface area contributed by atoms with E-state index < -0.39 is 5.97 Å². The molecule has 0 saturated heterocycles. The Bertz CT molecular complexity index is 320. The van der Waals surface area contributed by atoms with E-state index in [1.165, 1.54) is 16.8 Å². The summed E-state index contributed by atoms with van der Waals surface area (Å²) in [6.07, 6.45) is 3.81. The van der Waals surface area contributed by atoms with E-state index in [0.717, 1.165) is 0 Å².